The van der Waals surface area contributed by atoms with E-state index in [1.54, 1.807) is 0 Å². The predicted molar refractivity (Wildman–Crippen MR) is 198 cm³/mol. The first-order chi connectivity index (χ1) is 21.5. The Morgan fingerprint density at radius 1 is 0.422 bits per heavy atom. The standard InChI is InChI=1S/C41H86NO2.ClH/c1-5-7-9-11-13-15-17-19-21-23-25-27-29-31-33-35-37-42(3,4)39-41(43)40-44-38-36-34-32-30-28-26-24-22-20-18-16-14-12-10-8-6-2;/h41,43H,5-40H2,1-4H3;1H/q+1;/p-1. The van der Waals surface area contributed by atoms with Crippen molar-refractivity contribution in [1.82, 2.24) is 0 Å². The van der Waals surface area contributed by atoms with Crippen LogP contribution in [0, 0.1) is 0 Å². The summed E-state index contributed by atoms with van der Waals surface area (Å²) in [7, 11) is 4.54. The number of aliphatic hydroxyl groups is 1. The molecule has 0 aromatic rings. The number of nitrogens with zero attached hydrogens (tertiary/aromatic N) is 1. The number of rotatable bonds is 38. The Hall–Kier alpha value is 0.170. The van der Waals surface area contributed by atoms with Gasteiger partial charge in [-0.05, 0) is 19.3 Å². The average molecular weight is 661 g/mol. The van der Waals surface area contributed by atoms with E-state index < -0.39 is 0 Å². The second-order valence-electron chi connectivity index (χ2n) is 15.2. The fraction of sp³-hybridized carbons (Fsp3) is 1.00. The molecule has 0 saturated carbocycles. The Balaban J connectivity index is 0. The van der Waals surface area contributed by atoms with Crippen LogP contribution >= 0.6 is 0 Å². The van der Waals surface area contributed by atoms with Gasteiger partial charge in [-0.15, -0.1) is 0 Å². The van der Waals surface area contributed by atoms with Gasteiger partial charge in [-0.3, -0.25) is 0 Å². The van der Waals surface area contributed by atoms with Gasteiger partial charge in [0.25, 0.3) is 0 Å². The van der Waals surface area contributed by atoms with E-state index in [2.05, 4.69) is 27.9 Å². The molecule has 0 bridgehead atoms. The maximum atomic E-state index is 10.5. The van der Waals surface area contributed by atoms with Gasteiger partial charge < -0.3 is 26.7 Å². The van der Waals surface area contributed by atoms with Gasteiger partial charge in [-0.1, -0.05) is 200 Å². The summed E-state index contributed by atoms with van der Waals surface area (Å²) in [5.74, 6) is 0. The van der Waals surface area contributed by atoms with E-state index in [4.69, 9.17) is 4.74 Å². The smallest absolute Gasteiger partial charge is 0.126 e. The second-order valence-corrected chi connectivity index (χ2v) is 15.2. The molecule has 0 fully saturated rings. The maximum absolute atomic E-state index is 10.5. The third kappa shape index (κ3) is 40.3. The molecule has 0 saturated heterocycles. The first-order valence-electron chi connectivity index (χ1n) is 20.6. The summed E-state index contributed by atoms with van der Waals surface area (Å²) >= 11 is 0. The number of hydrogen-bond acceptors (Lipinski definition) is 2. The highest BCUT2D eigenvalue weighted by atomic mass is 35.5. The number of halogens is 1. The summed E-state index contributed by atoms with van der Waals surface area (Å²) in [6, 6.07) is 0. The van der Waals surface area contributed by atoms with E-state index in [1.807, 2.05) is 0 Å². The number of likely N-dealkylation sites (N-methyl/N-ethyl adjacent to an activating group) is 1. The fourth-order valence-corrected chi connectivity index (χ4v) is 6.77. The molecule has 0 amide bonds. The highest BCUT2D eigenvalue weighted by Crippen LogP contribution is 2.16. The van der Waals surface area contributed by atoms with Crippen LogP contribution in [0.15, 0.2) is 0 Å². The summed E-state index contributed by atoms with van der Waals surface area (Å²) in [6.07, 6.45) is 44.7. The van der Waals surface area contributed by atoms with E-state index in [9.17, 15) is 5.11 Å². The second kappa shape index (κ2) is 38.6. The van der Waals surface area contributed by atoms with Crippen LogP contribution in [-0.4, -0.2) is 56.1 Å². The van der Waals surface area contributed by atoms with Crippen molar-refractivity contribution in [2.75, 3.05) is 40.4 Å². The first-order valence-corrected chi connectivity index (χ1v) is 20.6. The Bertz CT molecular complexity index is 530. The zero-order valence-corrected chi connectivity index (χ0v) is 32.5. The van der Waals surface area contributed by atoms with Crippen LogP contribution in [0.3, 0.4) is 0 Å². The van der Waals surface area contributed by atoms with Crippen LogP contribution in [0.4, 0.5) is 0 Å². The van der Waals surface area contributed by atoms with Crippen LogP contribution in [-0.2, 0) is 4.74 Å². The quantitative estimate of drug-likeness (QED) is 0.0528. The summed E-state index contributed by atoms with van der Waals surface area (Å²) < 4.78 is 6.74. The number of quaternary nitrogens is 1. The average Bonchev–Trinajstić information content (AvgIpc) is 3.00. The van der Waals surface area contributed by atoms with Crippen molar-refractivity contribution in [3.8, 4) is 0 Å². The van der Waals surface area contributed by atoms with Crippen LogP contribution in [0.25, 0.3) is 0 Å². The lowest BCUT2D eigenvalue weighted by atomic mass is 10.0. The largest absolute Gasteiger partial charge is 1.00 e. The molecule has 274 valence electrons. The van der Waals surface area contributed by atoms with Gasteiger partial charge in [0.05, 0.1) is 27.2 Å². The van der Waals surface area contributed by atoms with Crippen molar-refractivity contribution in [1.29, 1.82) is 0 Å². The van der Waals surface area contributed by atoms with Crippen LogP contribution in [0.2, 0.25) is 0 Å². The highest BCUT2D eigenvalue weighted by Gasteiger charge is 2.20. The number of hydrogen-bond donors (Lipinski definition) is 1. The summed E-state index contributed by atoms with van der Waals surface area (Å²) in [5, 5.41) is 10.5. The van der Waals surface area contributed by atoms with Crippen LogP contribution in [0.5, 0.6) is 0 Å². The topological polar surface area (TPSA) is 29.5 Å². The number of aliphatic hydroxyl groups excluding tert-OH is 1. The zero-order valence-electron chi connectivity index (χ0n) is 31.7. The summed E-state index contributed by atoms with van der Waals surface area (Å²) in [4.78, 5) is 0. The Labute approximate surface area is 291 Å². The van der Waals surface area contributed by atoms with E-state index in [0.717, 1.165) is 30.6 Å². The van der Waals surface area contributed by atoms with Gasteiger partial charge in [-0.25, -0.2) is 0 Å². The van der Waals surface area contributed by atoms with Crippen molar-refractivity contribution in [3.05, 3.63) is 0 Å². The molecule has 0 heterocycles. The zero-order chi connectivity index (χ0) is 32.2. The minimum atomic E-state index is -0.341. The van der Waals surface area contributed by atoms with Crippen LogP contribution < -0.4 is 12.4 Å². The van der Waals surface area contributed by atoms with Gasteiger partial charge in [-0.2, -0.15) is 0 Å². The lowest BCUT2D eigenvalue weighted by Crippen LogP contribution is -3.00. The molecule has 0 aliphatic heterocycles. The summed E-state index contributed by atoms with van der Waals surface area (Å²) in [5.41, 5.74) is 0. The third-order valence-electron chi connectivity index (χ3n) is 9.77. The van der Waals surface area contributed by atoms with Gasteiger partial charge in [0.1, 0.15) is 12.6 Å². The molecule has 1 N–H and O–H groups in total. The Morgan fingerprint density at radius 3 is 1.00 bits per heavy atom. The van der Waals surface area contributed by atoms with E-state index >= 15 is 0 Å². The molecule has 1 unspecified atom stereocenters. The molecular formula is C41H86ClNO2. The normalized spacial score (nSPS) is 12.5. The summed E-state index contributed by atoms with van der Waals surface area (Å²) in [6.45, 7) is 7.87. The molecule has 0 spiro atoms. The fourth-order valence-electron chi connectivity index (χ4n) is 6.77. The Kier molecular flexibility index (Phi) is 40.6. The molecule has 0 aromatic heterocycles. The SMILES string of the molecule is CCCCCCCCCCCCCCCCCCOCC(O)C[N+](C)(C)CCCCCCCCCCCCCCCCCC.[Cl-]. The minimum Gasteiger partial charge on any atom is -1.00 e. The maximum Gasteiger partial charge on any atom is 0.126 e. The molecule has 3 nitrogen and oxygen atoms in total. The molecular weight excluding hydrogens is 574 g/mol. The predicted octanol–water partition coefficient (Wildman–Crippen LogP) is 9.97. The molecule has 0 rings (SSSR count). The highest BCUT2D eigenvalue weighted by molar-refractivity contribution is 4.55. The van der Waals surface area contributed by atoms with Gasteiger partial charge in [0.2, 0.25) is 0 Å². The molecule has 45 heavy (non-hydrogen) atoms. The lowest BCUT2D eigenvalue weighted by Gasteiger charge is -2.32. The first kappa shape index (κ1) is 47.3. The monoisotopic (exact) mass is 660 g/mol. The Morgan fingerprint density at radius 2 is 0.689 bits per heavy atom. The molecule has 0 aliphatic rings. The van der Waals surface area contributed by atoms with E-state index in [-0.39, 0.29) is 18.5 Å². The van der Waals surface area contributed by atoms with Gasteiger partial charge >= 0.3 is 0 Å². The minimum absolute atomic E-state index is 0. The van der Waals surface area contributed by atoms with Crippen molar-refractivity contribution in [2.24, 2.45) is 0 Å². The van der Waals surface area contributed by atoms with Gasteiger partial charge in [0, 0.05) is 6.61 Å². The molecule has 0 aliphatic carbocycles. The molecule has 1 atom stereocenters. The van der Waals surface area contributed by atoms with Crippen molar-refractivity contribution < 1.29 is 26.7 Å². The molecule has 0 radical (unpaired) electrons. The number of unbranched alkanes of at least 4 members (excludes halogenated alkanes) is 30. The third-order valence-corrected chi connectivity index (χ3v) is 9.77. The lowest BCUT2D eigenvalue weighted by molar-refractivity contribution is -0.893. The van der Waals surface area contributed by atoms with Gasteiger partial charge in [0.15, 0.2) is 0 Å². The number of ether oxygens (including phenoxy) is 1. The van der Waals surface area contributed by atoms with Crippen molar-refractivity contribution >= 4 is 0 Å². The van der Waals surface area contributed by atoms with E-state index in [0.29, 0.717) is 6.61 Å². The molecule has 4 heteroatoms. The van der Waals surface area contributed by atoms with Crippen LogP contribution in [0.1, 0.15) is 219 Å². The molecule has 0 aromatic carbocycles. The van der Waals surface area contributed by atoms with Crippen molar-refractivity contribution in [2.45, 2.75) is 225 Å². The van der Waals surface area contributed by atoms with E-state index in [1.165, 1.54) is 199 Å². The van der Waals surface area contributed by atoms with Crippen molar-refractivity contribution in [3.63, 3.8) is 0 Å².